The topological polar surface area (TPSA) is 69.2 Å². The number of nitrogens with one attached hydrogen (secondary N) is 1. The molecule has 4 rings (SSSR count). The molecule has 1 aliphatic heterocycles. The zero-order valence-electron chi connectivity index (χ0n) is 18.7. The van der Waals surface area contributed by atoms with Crippen molar-refractivity contribution >= 4 is 46.2 Å². The normalized spacial score (nSPS) is 15.4. The van der Waals surface area contributed by atoms with Gasteiger partial charge < -0.3 is 19.5 Å². The lowest BCUT2D eigenvalue weighted by Crippen LogP contribution is -2.19. The van der Waals surface area contributed by atoms with Crippen LogP contribution in [0, 0.1) is 0 Å². The predicted octanol–water partition coefficient (Wildman–Crippen LogP) is 6.22. The minimum absolute atomic E-state index is 0.209. The van der Waals surface area contributed by atoms with Crippen molar-refractivity contribution in [1.29, 1.82) is 0 Å². The first kappa shape index (κ1) is 23.7. The molecule has 1 saturated heterocycles. The smallest absolute Gasteiger partial charge is 0.264 e. The SMILES string of the molecule is CCOc1ccccc1N=C1NC(=O)C(=Cc2ccc(OCc3ccc(Cl)cc3)c(OC)c2)S1. The minimum atomic E-state index is -0.209. The van der Waals surface area contributed by atoms with Crippen LogP contribution in [0.3, 0.4) is 0 Å². The number of hydrogen-bond acceptors (Lipinski definition) is 6. The highest BCUT2D eigenvalue weighted by Gasteiger charge is 2.24. The van der Waals surface area contributed by atoms with E-state index >= 15 is 0 Å². The number of carbonyl (C=O) groups is 1. The Morgan fingerprint density at radius 1 is 1.00 bits per heavy atom. The number of rotatable bonds is 8. The van der Waals surface area contributed by atoms with E-state index in [1.807, 2.05) is 73.7 Å². The first-order valence-corrected chi connectivity index (χ1v) is 11.8. The Kier molecular flexibility index (Phi) is 7.77. The maximum Gasteiger partial charge on any atom is 0.264 e. The van der Waals surface area contributed by atoms with E-state index in [0.717, 1.165) is 11.1 Å². The standard InChI is InChI=1S/C26H23ClN2O4S/c1-3-32-21-7-5-4-6-20(21)28-26-29-25(30)24(34-26)15-18-10-13-22(23(14-18)31-2)33-16-17-8-11-19(27)12-9-17/h4-15H,3,16H2,1-2H3,(H,28,29,30). The molecule has 0 bridgehead atoms. The summed E-state index contributed by atoms with van der Waals surface area (Å²) in [5, 5.41) is 3.99. The van der Waals surface area contributed by atoms with E-state index in [9.17, 15) is 4.79 Å². The van der Waals surface area contributed by atoms with E-state index in [1.165, 1.54) is 11.8 Å². The molecule has 0 unspecified atom stereocenters. The van der Waals surface area contributed by atoms with Crippen LogP contribution in [0.5, 0.6) is 17.2 Å². The molecule has 174 valence electrons. The Balaban J connectivity index is 1.49. The van der Waals surface area contributed by atoms with Gasteiger partial charge in [-0.25, -0.2) is 4.99 Å². The number of carbonyl (C=O) groups excluding carboxylic acids is 1. The Labute approximate surface area is 207 Å². The molecule has 1 fully saturated rings. The van der Waals surface area contributed by atoms with Crippen molar-refractivity contribution in [2.45, 2.75) is 13.5 Å². The highest BCUT2D eigenvalue weighted by Crippen LogP contribution is 2.34. The number of benzene rings is 3. The second-order valence-electron chi connectivity index (χ2n) is 7.21. The molecule has 0 radical (unpaired) electrons. The quantitative estimate of drug-likeness (QED) is 0.376. The largest absolute Gasteiger partial charge is 0.493 e. The van der Waals surface area contributed by atoms with Gasteiger partial charge in [0, 0.05) is 5.02 Å². The van der Waals surface area contributed by atoms with Gasteiger partial charge in [-0.15, -0.1) is 0 Å². The summed E-state index contributed by atoms with van der Waals surface area (Å²) in [5.74, 6) is 1.65. The van der Waals surface area contributed by atoms with Crippen molar-refractivity contribution in [3.63, 3.8) is 0 Å². The average Bonchev–Trinajstić information content (AvgIpc) is 3.18. The third-order valence-electron chi connectivity index (χ3n) is 4.83. The maximum absolute atomic E-state index is 12.5. The Morgan fingerprint density at radius 3 is 2.56 bits per heavy atom. The van der Waals surface area contributed by atoms with Gasteiger partial charge in [-0.05, 0) is 72.3 Å². The molecule has 1 heterocycles. The van der Waals surface area contributed by atoms with Crippen LogP contribution in [-0.2, 0) is 11.4 Å². The summed E-state index contributed by atoms with van der Waals surface area (Å²) < 4.78 is 17.0. The molecule has 3 aromatic carbocycles. The number of aliphatic imine (C=N–C) groups is 1. The van der Waals surface area contributed by atoms with E-state index in [2.05, 4.69) is 10.3 Å². The van der Waals surface area contributed by atoms with Crippen molar-refractivity contribution in [3.05, 3.63) is 87.8 Å². The highest BCUT2D eigenvalue weighted by atomic mass is 35.5. The van der Waals surface area contributed by atoms with Crippen molar-refractivity contribution in [1.82, 2.24) is 5.32 Å². The van der Waals surface area contributed by atoms with Gasteiger partial charge in [-0.2, -0.15) is 0 Å². The Hall–Kier alpha value is -3.42. The number of nitrogens with zero attached hydrogens (tertiary/aromatic N) is 1. The summed E-state index contributed by atoms with van der Waals surface area (Å²) in [6.45, 7) is 2.84. The summed E-state index contributed by atoms with van der Waals surface area (Å²) in [6.07, 6.45) is 1.79. The molecule has 0 aromatic heterocycles. The van der Waals surface area contributed by atoms with Crippen LogP contribution in [-0.4, -0.2) is 24.8 Å². The number of methoxy groups -OCH3 is 1. The van der Waals surface area contributed by atoms with Gasteiger partial charge in [0.15, 0.2) is 16.7 Å². The number of thioether (sulfide) groups is 1. The van der Waals surface area contributed by atoms with Crippen LogP contribution < -0.4 is 19.5 Å². The second kappa shape index (κ2) is 11.1. The van der Waals surface area contributed by atoms with Crippen LogP contribution in [0.4, 0.5) is 5.69 Å². The zero-order valence-corrected chi connectivity index (χ0v) is 20.3. The third kappa shape index (κ3) is 5.92. The molecule has 3 aromatic rings. The molecule has 0 atom stereocenters. The first-order valence-electron chi connectivity index (χ1n) is 10.6. The molecule has 8 heteroatoms. The predicted molar refractivity (Wildman–Crippen MR) is 137 cm³/mol. The number of amidine groups is 1. The number of ether oxygens (including phenoxy) is 3. The molecule has 0 spiro atoms. The Bertz CT molecular complexity index is 1240. The van der Waals surface area contributed by atoms with E-state index in [0.29, 0.717) is 51.2 Å². The molecule has 1 aliphatic rings. The monoisotopic (exact) mass is 494 g/mol. The zero-order chi connectivity index (χ0) is 23.9. The number of para-hydroxylation sites is 2. The van der Waals surface area contributed by atoms with E-state index < -0.39 is 0 Å². The van der Waals surface area contributed by atoms with E-state index in [1.54, 1.807) is 13.2 Å². The number of hydrogen-bond donors (Lipinski definition) is 1. The average molecular weight is 495 g/mol. The van der Waals surface area contributed by atoms with Crippen LogP contribution in [0.2, 0.25) is 5.02 Å². The summed E-state index contributed by atoms with van der Waals surface area (Å²) >= 11 is 7.21. The van der Waals surface area contributed by atoms with Gasteiger partial charge in [-0.1, -0.05) is 41.9 Å². The van der Waals surface area contributed by atoms with Crippen LogP contribution in [0.1, 0.15) is 18.1 Å². The summed E-state index contributed by atoms with van der Waals surface area (Å²) in [7, 11) is 1.58. The third-order valence-corrected chi connectivity index (χ3v) is 5.99. The first-order chi connectivity index (χ1) is 16.6. The van der Waals surface area contributed by atoms with Gasteiger partial charge in [-0.3, -0.25) is 4.79 Å². The molecular formula is C26H23ClN2O4S. The van der Waals surface area contributed by atoms with E-state index in [-0.39, 0.29) is 5.91 Å². The minimum Gasteiger partial charge on any atom is -0.493 e. The van der Waals surface area contributed by atoms with Crippen molar-refractivity contribution in [2.75, 3.05) is 13.7 Å². The lowest BCUT2D eigenvalue weighted by atomic mass is 10.2. The highest BCUT2D eigenvalue weighted by molar-refractivity contribution is 8.18. The lowest BCUT2D eigenvalue weighted by molar-refractivity contribution is -0.115. The summed E-state index contributed by atoms with van der Waals surface area (Å²) in [6, 6.07) is 20.5. The van der Waals surface area contributed by atoms with E-state index in [4.69, 9.17) is 25.8 Å². The van der Waals surface area contributed by atoms with Gasteiger partial charge in [0.1, 0.15) is 18.0 Å². The van der Waals surface area contributed by atoms with Crippen molar-refractivity contribution < 1.29 is 19.0 Å². The molecule has 0 aliphatic carbocycles. The van der Waals surface area contributed by atoms with Crippen LogP contribution >= 0.6 is 23.4 Å². The molecule has 34 heavy (non-hydrogen) atoms. The van der Waals surface area contributed by atoms with Gasteiger partial charge in [0.05, 0.1) is 18.6 Å². The van der Waals surface area contributed by atoms with Crippen molar-refractivity contribution in [2.24, 2.45) is 4.99 Å². The molecule has 0 saturated carbocycles. The fourth-order valence-corrected chi connectivity index (χ4v) is 4.16. The fraction of sp³-hybridized carbons (Fsp3) is 0.154. The lowest BCUT2D eigenvalue weighted by Gasteiger charge is -2.11. The van der Waals surface area contributed by atoms with Crippen molar-refractivity contribution in [3.8, 4) is 17.2 Å². The van der Waals surface area contributed by atoms with Crippen LogP contribution in [0.25, 0.3) is 6.08 Å². The molecule has 1 N–H and O–H groups in total. The van der Waals surface area contributed by atoms with Gasteiger partial charge in [0.25, 0.3) is 5.91 Å². The summed E-state index contributed by atoms with van der Waals surface area (Å²) in [5.41, 5.74) is 2.47. The second-order valence-corrected chi connectivity index (χ2v) is 8.67. The molecular weight excluding hydrogens is 472 g/mol. The fourth-order valence-electron chi connectivity index (χ4n) is 3.20. The molecule has 6 nitrogen and oxygen atoms in total. The maximum atomic E-state index is 12.5. The van der Waals surface area contributed by atoms with Gasteiger partial charge >= 0.3 is 0 Å². The number of amides is 1. The summed E-state index contributed by atoms with van der Waals surface area (Å²) in [4.78, 5) is 17.6. The van der Waals surface area contributed by atoms with Gasteiger partial charge in [0.2, 0.25) is 0 Å². The molecule has 1 amide bonds. The Morgan fingerprint density at radius 2 is 1.79 bits per heavy atom. The number of halogens is 1. The van der Waals surface area contributed by atoms with Crippen LogP contribution in [0.15, 0.2) is 76.6 Å².